The van der Waals surface area contributed by atoms with Crippen molar-refractivity contribution in [1.29, 1.82) is 0 Å². The Balaban J connectivity index is 1.86. The summed E-state index contributed by atoms with van der Waals surface area (Å²) in [7, 11) is 0. The predicted molar refractivity (Wildman–Crippen MR) is 72.0 cm³/mol. The lowest BCUT2D eigenvalue weighted by atomic mass is 9.77. The van der Waals surface area contributed by atoms with Gasteiger partial charge >= 0.3 is 0 Å². The first-order chi connectivity index (χ1) is 8.16. The minimum Gasteiger partial charge on any atom is -0.393 e. The molecule has 2 aliphatic rings. The molecule has 17 heavy (non-hydrogen) atoms. The summed E-state index contributed by atoms with van der Waals surface area (Å²) in [6.45, 7) is 4.72. The lowest BCUT2D eigenvalue weighted by Crippen LogP contribution is -2.48. The second-order valence-electron chi connectivity index (χ2n) is 6.48. The van der Waals surface area contributed by atoms with Crippen molar-refractivity contribution in [1.82, 2.24) is 5.32 Å². The molecule has 0 amide bonds. The smallest absolute Gasteiger partial charge is 0.0555 e. The van der Waals surface area contributed by atoms with E-state index >= 15 is 0 Å². The summed E-state index contributed by atoms with van der Waals surface area (Å²) in [4.78, 5) is 0. The van der Waals surface area contributed by atoms with E-state index < -0.39 is 0 Å². The SMILES string of the molecule is CC(C)C1CCCCC1NC1CCCC(O)C1. The van der Waals surface area contributed by atoms with Gasteiger partial charge in [0, 0.05) is 12.1 Å². The van der Waals surface area contributed by atoms with Gasteiger partial charge in [0.2, 0.25) is 0 Å². The molecule has 0 aromatic heterocycles. The first kappa shape index (κ1) is 13.4. The maximum Gasteiger partial charge on any atom is 0.0555 e. The van der Waals surface area contributed by atoms with E-state index in [1.54, 1.807) is 0 Å². The molecule has 0 bridgehead atoms. The number of hydrogen-bond acceptors (Lipinski definition) is 2. The molecule has 100 valence electrons. The van der Waals surface area contributed by atoms with Crippen molar-refractivity contribution in [3.05, 3.63) is 0 Å². The van der Waals surface area contributed by atoms with Crippen LogP contribution in [0.1, 0.15) is 65.2 Å². The van der Waals surface area contributed by atoms with Crippen LogP contribution in [0.3, 0.4) is 0 Å². The zero-order chi connectivity index (χ0) is 12.3. The first-order valence-corrected chi connectivity index (χ1v) is 7.61. The van der Waals surface area contributed by atoms with Gasteiger partial charge in [0.25, 0.3) is 0 Å². The van der Waals surface area contributed by atoms with Crippen LogP contribution in [-0.2, 0) is 0 Å². The summed E-state index contributed by atoms with van der Waals surface area (Å²) < 4.78 is 0. The van der Waals surface area contributed by atoms with Gasteiger partial charge in [-0.3, -0.25) is 0 Å². The molecule has 2 rings (SSSR count). The fourth-order valence-electron chi connectivity index (χ4n) is 3.78. The van der Waals surface area contributed by atoms with Crippen LogP contribution in [0.5, 0.6) is 0 Å². The Morgan fingerprint density at radius 2 is 1.76 bits per heavy atom. The minimum atomic E-state index is -0.0534. The van der Waals surface area contributed by atoms with E-state index in [-0.39, 0.29) is 6.10 Å². The van der Waals surface area contributed by atoms with Crippen LogP contribution in [0, 0.1) is 11.8 Å². The van der Waals surface area contributed by atoms with E-state index in [4.69, 9.17) is 0 Å². The topological polar surface area (TPSA) is 32.3 Å². The zero-order valence-electron chi connectivity index (χ0n) is 11.5. The molecule has 4 atom stereocenters. The summed E-state index contributed by atoms with van der Waals surface area (Å²) in [5.41, 5.74) is 0. The van der Waals surface area contributed by atoms with E-state index in [1.807, 2.05) is 0 Å². The molecule has 0 spiro atoms. The standard InChI is InChI=1S/C15H29NO/c1-11(2)14-8-3-4-9-15(14)16-12-6-5-7-13(17)10-12/h11-17H,3-10H2,1-2H3. The average molecular weight is 239 g/mol. The van der Waals surface area contributed by atoms with Gasteiger partial charge in [0.1, 0.15) is 0 Å². The Kier molecular flexibility index (Phi) is 4.87. The van der Waals surface area contributed by atoms with Gasteiger partial charge in [0.05, 0.1) is 6.10 Å². The fraction of sp³-hybridized carbons (Fsp3) is 1.00. The van der Waals surface area contributed by atoms with E-state index in [1.165, 1.54) is 38.5 Å². The van der Waals surface area contributed by atoms with Crippen molar-refractivity contribution >= 4 is 0 Å². The molecule has 2 saturated carbocycles. The quantitative estimate of drug-likeness (QED) is 0.793. The predicted octanol–water partition coefficient (Wildman–Crippen LogP) is 3.09. The van der Waals surface area contributed by atoms with Gasteiger partial charge in [0.15, 0.2) is 0 Å². The summed E-state index contributed by atoms with van der Waals surface area (Å²) in [6.07, 6.45) is 9.92. The maximum absolute atomic E-state index is 9.74. The van der Waals surface area contributed by atoms with Crippen LogP contribution < -0.4 is 5.32 Å². The van der Waals surface area contributed by atoms with Crippen molar-refractivity contribution in [2.75, 3.05) is 0 Å². The molecule has 2 N–H and O–H groups in total. The number of hydrogen-bond donors (Lipinski definition) is 2. The van der Waals surface area contributed by atoms with Gasteiger partial charge in [-0.2, -0.15) is 0 Å². The monoisotopic (exact) mass is 239 g/mol. The second-order valence-corrected chi connectivity index (χ2v) is 6.48. The van der Waals surface area contributed by atoms with Gasteiger partial charge in [-0.25, -0.2) is 0 Å². The van der Waals surface area contributed by atoms with E-state index in [2.05, 4.69) is 19.2 Å². The minimum absolute atomic E-state index is 0.0534. The van der Waals surface area contributed by atoms with Crippen molar-refractivity contribution in [3.8, 4) is 0 Å². The largest absolute Gasteiger partial charge is 0.393 e. The Morgan fingerprint density at radius 1 is 1.00 bits per heavy atom. The van der Waals surface area contributed by atoms with Gasteiger partial charge in [-0.1, -0.05) is 26.7 Å². The van der Waals surface area contributed by atoms with E-state index in [9.17, 15) is 5.11 Å². The number of aliphatic hydroxyl groups is 1. The van der Waals surface area contributed by atoms with Crippen molar-refractivity contribution in [3.63, 3.8) is 0 Å². The Labute approximate surface area is 106 Å². The third-order valence-electron chi connectivity index (χ3n) is 4.77. The maximum atomic E-state index is 9.74. The molecule has 2 nitrogen and oxygen atoms in total. The zero-order valence-corrected chi connectivity index (χ0v) is 11.5. The fourth-order valence-corrected chi connectivity index (χ4v) is 3.78. The van der Waals surface area contributed by atoms with Crippen molar-refractivity contribution in [2.45, 2.75) is 83.4 Å². The van der Waals surface area contributed by atoms with Crippen LogP contribution in [0.25, 0.3) is 0 Å². The van der Waals surface area contributed by atoms with E-state index in [0.29, 0.717) is 12.1 Å². The van der Waals surface area contributed by atoms with Crippen LogP contribution in [-0.4, -0.2) is 23.3 Å². The third kappa shape index (κ3) is 3.69. The van der Waals surface area contributed by atoms with Gasteiger partial charge in [-0.15, -0.1) is 0 Å². The van der Waals surface area contributed by atoms with Gasteiger partial charge in [-0.05, 0) is 50.4 Å². The van der Waals surface area contributed by atoms with Crippen LogP contribution in [0.2, 0.25) is 0 Å². The van der Waals surface area contributed by atoms with Crippen molar-refractivity contribution < 1.29 is 5.11 Å². The van der Waals surface area contributed by atoms with Gasteiger partial charge < -0.3 is 10.4 Å². The Hall–Kier alpha value is -0.0800. The molecular weight excluding hydrogens is 210 g/mol. The molecular formula is C15H29NO. The normalized spacial score (nSPS) is 39.5. The molecule has 2 heteroatoms. The summed E-state index contributed by atoms with van der Waals surface area (Å²) in [5, 5.41) is 13.6. The highest BCUT2D eigenvalue weighted by Crippen LogP contribution is 2.31. The second kappa shape index (κ2) is 6.19. The molecule has 2 fully saturated rings. The summed E-state index contributed by atoms with van der Waals surface area (Å²) in [5.74, 6) is 1.64. The number of aliphatic hydroxyl groups excluding tert-OH is 1. The lowest BCUT2D eigenvalue weighted by Gasteiger charge is -2.39. The summed E-state index contributed by atoms with van der Waals surface area (Å²) >= 11 is 0. The van der Waals surface area contributed by atoms with Crippen molar-refractivity contribution in [2.24, 2.45) is 11.8 Å². The number of nitrogens with one attached hydrogen (secondary N) is 1. The van der Waals surface area contributed by atoms with Crippen LogP contribution in [0.4, 0.5) is 0 Å². The van der Waals surface area contributed by atoms with Crippen LogP contribution >= 0.6 is 0 Å². The molecule has 0 aromatic carbocycles. The molecule has 0 saturated heterocycles. The summed E-state index contributed by atoms with van der Waals surface area (Å²) in [6, 6.07) is 1.28. The first-order valence-electron chi connectivity index (χ1n) is 7.61. The highest BCUT2D eigenvalue weighted by atomic mass is 16.3. The Morgan fingerprint density at radius 3 is 2.47 bits per heavy atom. The molecule has 0 radical (unpaired) electrons. The average Bonchev–Trinajstić information content (AvgIpc) is 2.29. The molecule has 0 aromatic rings. The third-order valence-corrected chi connectivity index (χ3v) is 4.77. The molecule has 4 unspecified atom stereocenters. The highest BCUT2D eigenvalue weighted by Gasteiger charge is 2.30. The van der Waals surface area contributed by atoms with E-state index in [0.717, 1.165) is 24.7 Å². The molecule has 2 aliphatic carbocycles. The molecule has 0 aliphatic heterocycles. The highest BCUT2D eigenvalue weighted by molar-refractivity contribution is 4.87. The number of rotatable bonds is 3. The van der Waals surface area contributed by atoms with Crippen LogP contribution in [0.15, 0.2) is 0 Å². The molecule has 0 heterocycles. The lowest BCUT2D eigenvalue weighted by molar-refractivity contribution is 0.0967. The Bertz CT molecular complexity index is 229.